The molecule has 0 aromatic carbocycles. The summed E-state index contributed by atoms with van der Waals surface area (Å²) in [6.45, 7) is 7.76. The average molecular weight is 285 g/mol. The summed E-state index contributed by atoms with van der Waals surface area (Å²) in [6, 6.07) is 0.513. The van der Waals surface area contributed by atoms with Crippen LogP contribution in [0.1, 0.15) is 20.3 Å². The minimum absolute atomic E-state index is 0.191. The Hall–Kier alpha value is -0.750. The summed E-state index contributed by atoms with van der Waals surface area (Å²) in [5.41, 5.74) is 0. The van der Waals surface area contributed by atoms with Crippen LogP contribution in [0.4, 0.5) is 0 Å². The van der Waals surface area contributed by atoms with Crippen LogP contribution in [-0.4, -0.2) is 60.6 Å². The lowest BCUT2D eigenvalue weighted by atomic mass is 10.1. The molecule has 1 atom stereocenters. The highest BCUT2D eigenvalue weighted by Gasteiger charge is 2.22. The minimum atomic E-state index is 0.191. The maximum atomic E-state index is 11.9. The molecule has 1 N–H and O–H groups in total. The third-order valence-electron chi connectivity index (χ3n) is 3.46. The van der Waals surface area contributed by atoms with Gasteiger partial charge in [-0.1, -0.05) is 25.6 Å². The van der Waals surface area contributed by atoms with Crippen LogP contribution in [0.25, 0.3) is 0 Å². The Balaban J connectivity index is 1.69. The zero-order valence-corrected chi connectivity index (χ0v) is 12.5. The highest BCUT2D eigenvalue weighted by Crippen LogP contribution is 2.18. The Morgan fingerprint density at radius 2 is 2.26 bits per heavy atom. The number of thioether (sulfide) groups is 1. The molecule has 2 fully saturated rings. The van der Waals surface area contributed by atoms with Crippen molar-refractivity contribution in [2.24, 2.45) is 10.9 Å². The molecule has 2 rings (SSSR count). The summed E-state index contributed by atoms with van der Waals surface area (Å²) < 4.78 is 5.24. The smallest absolute Gasteiger partial charge is 0.224 e. The van der Waals surface area contributed by atoms with E-state index in [2.05, 4.69) is 24.2 Å². The van der Waals surface area contributed by atoms with Crippen molar-refractivity contribution in [3.63, 3.8) is 0 Å². The van der Waals surface area contributed by atoms with E-state index in [-0.39, 0.29) is 5.91 Å². The van der Waals surface area contributed by atoms with Crippen molar-refractivity contribution in [3.05, 3.63) is 0 Å². The maximum absolute atomic E-state index is 11.9. The summed E-state index contributed by atoms with van der Waals surface area (Å²) in [4.78, 5) is 18.3. The highest BCUT2D eigenvalue weighted by molar-refractivity contribution is 8.14. The van der Waals surface area contributed by atoms with E-state index < -0.39 is 0 Å². The van der Waals surface area contributed by atoms with E-state index in [1.165, 1.54) is 0 Å². The fourth-order valence-electron chi connectivity index (χ4n) is 2.09. The zero-order chi connectivity index (χ0) is 13.7. The van der Waals surface area contributed by atoms with Crippen LogP contribution in [0.5, 0.6) is 0 Å². The first-order valence-corrected chi connectivity index (χ1v) is 7.94. The first kappa shape index (κ1) is 14.7. The van der Waals surface area contributed by atoms with Crippen LogP contribution in [0.15, 0.2) is 4.99 Å². The number of nitrogens with one attached hydrogen (secondary N) is 1. The second-order valence-corrected chi connectivity index (χ2v) is 6.24. The molecule has 5 nitrogen and oxygen atoms in total. The van der Waals surface area contributed by atoms with Crippen LogP contribution in [-0.2, 0) is 9.53 Å². The number of ether oxygens (including phenoxy) is 1. The van der Waals surface area contributed by atoms with Crippen LogP contribution in [0, 0.1) is 5.92 Å². The van der Waals surface area contributed by atoms with Crippen molar-refractivity contribution in [2.75, 3.05) is 38.6 Å². The highest BCUT2D eigenvalue weighted by atomic mass is 32.2. The van der Waals surface area contributed by atoms with Crippen LogP contribution < -0.4 is 5.32 Å². The number of carbonyl (C=O) groups excluding carboxylic acids is 1. The molecule has 2 saturated heterocycles. The van der Waals surface area contributed by atoms with Crippen LogP contribution >= 0.6 is 11.8 Å². The number of nitrogens with zero attached hydrogens (tertiary/aromatic N) is 2. The van der Waals surface area contributed by atoms with Gasteiger partial charge in [-0.2, -0.15) is 0 Å². The lowest BCUT2D eigenvalue weighted by molar-refractivity contribution is -0.135. The van der Waals surface area contributed by atoms with Crippen LogP contribution in [0.3, 0.4) is 0 Å². The third-order valence-corrected chi connectivity index (χ3v) is 4.50. The molecule has 0 aromatic rings. The van der Waals surface area contributed by atoms with Gasteiger partial charge in [0.15, 0.2) is 5.17 Å². The van der Waals surface area contributed by atoms with Gasteiger partial charge in [-0.25, -0.2) is 0 Å². The Kier molecular flexibility index (Phi) is 5.51. The van der Waals surface area contributed by atoms with Crippen molar-refractivity contribution in [2.45, 2.75) is 26.3 Å². The Morgan fingerprint density at radius 1 is 1.53 bits per heavy atom. The molecule has 1 unspecified atom stereocenters. The van der Waals surface area contributed by atoms with Gasteiger partial charge in [0, 0.05) is 31.3 Å². The van der Waals surface area contributed by atoms with Crippen molar-refractivity contribution < 1.29 is 9.53 Å². The monoisotopic (exact) mass is 285 g/mol. The van der Waals surface area contributed by atoms with Gasteiger partial charge >= 0.3 is 0 Å². The second-order valence-electron chi connectivity index (χ2n) is 5.24. The fraction of sp³-hybridized carbons (Fsp3) is 0.846. The SMILES string of the molecule is CC(C)C1CSC(=NCCC(=O)N2CCOCC2)N1. The molecule has 2 heterocycles. The second kappa shape index (κ2) is 7.14. The van der Waals surface area contributed by atoms with Crippen molar-refractivity contribution >= 4 is 22.8 Å². The molecule has 108 valence electrons. The molecule has 2 aliphatic rings. The van der Waals surface area contributed by atoms with Crippen molar-refractivity contribution in [1.29, 1.82) is 0 Å². The Bertz CT molecular complexity index is 341. The molecule has 1 amide bonds. The number of amides is 1. The summed E-state index contributed by atoms with van der Waals surface area (Å²) in [5, 5.41) is 4.41. The zero-order valence-electron chi connectivity index (χ0n) is 11.7. The lowest BCUT2D eigenvalue weighted by Crippen LogP contribution is -2.40. The first-order chi connectivity index (χ1) is 9.16. The van der Waals surface area contributed by atoms with Gasteiger partial charge in [0.1, 0.15) is 0 Å². The van der Waals surface area contributed by atoms with E-state index in [1.807, 2.05) is 4.90 Å². The van der Waals surface area contributed by atoms with Gasteiger partial charge in [0.25, 0.3) is 0 Å². The van der Waals surface area contributed by atoms with E-state index in [1.54, 1.807) is 11.8 Å². The maximum Gasteiger partial charge on any atom is 0.224 e. The molecular formula is C13H23N3O2S. The van der Waals surface area contributed by atoms with Gasteiger partial charge in [-0.15, -0.1) is 0 Å². The summed E-state index contributed by atoms with van der Waals surface area (Å²) >= 11 is 1.76. The summed E-state index contributed by atoms with van der Waals surface area (Å²) in [7, 11) is 0. The van der Waals surface area contributed by atoms with Crippen molar-refractivity contribution in [3.8, 4) is 0 Å². The van der Waals surface area contributed by atoms with Gasteiger partial charge in [-0.3, -0.25) is 9.79 Å². The predicted octanol–water partition coefficient (Wildman–Crippen LogP) is 0.952. The average Bonchev–Trinajstić information content (AvgIpc) is 2.89. The van der Waals surface area contributed by atoms with Crippen LogP contribution in [0.2, 0.25) is 0 Å². The lowest BCUT2D eigenvalue weighted by Gasteiger charge is -2.26. The normalized spacial score (nSPS) is 25.9. The number of amidine groups is 1. The Labute approximate surface area is 119 Å². The molecule has 6 heteroatoms. The summed E-state index contributed by atoms with van der Waals surface area (Å²) in [6.07, 6.45) is 0.498. The van der Waals surface area contributed by atoms with Gasteiger partial charge in [-0.05, 0) is 5.92 Å². The first-order valence-electron chi connectivity index (χ1n) is 6.96. The molecule has 0 bridgehead atoms. The van der Waals surface area contributed by atoms with Crippen molar-refractivity contribution in [1.82, 2.24) is 10.2 Å². The predicted molar refractivity (Wildman–Crippen MR) is 78.5 cm³/mol. The molecule has 0 aliphatic carbocycles. The summed E-state index contributed by atoms with van der Waals surface area (Å²) in [5.74, 6) is 1.89. The molecule has 0 saturated carbocycles. The number of hydrogen-bond acceptors (Lipinski definition) is 4. The fourth-order valence-corrected chi connectivity index (χ4v) is 3.31. The molecule has 0 aromatic heterocycles. The number of carbonyl (C=O) groups is 1. The van der Waals surface area contributed by atoms with E-state index in [0.29, 0.717) is 38.1 Å². The van der Waals surface area contributed by atoms with E-state index >= 15 is 0 Å². The largest absolute Gasteiger partial charge is 0.378 e. The topological polar surface area (TPSA) is 53.9 Å². The number of rotatable bonds is 4. The van der Waals surface area contributed by atoms with Gasteiger partial charge < -0.3 is 15.0 Å². The van der Waals surface area contributed by atoms with E-state index in [9.17, 15) is 4.79 Å². The molecule has 2 aliphatic heterocycles. The van der Waals surface area contributed by atoms with Gasteiger partial charge in [0.05, 0.1) is 19.8 Å². The Morgan fingerprint density at radius 3 is 2.89 bits per heavy atom. The molecular weight excluding hydrogens is 262 g/mol. The standard InChI is InChI=1S/C13H23N3O2S/c1-10(2)11-9-19-13(15-11)14-4-3-12(17)16-5-7-18-8-6-16/h10-11H,3-9H2,1-2H3,(H,14,15). The minimum Gasteiger partial charge on any atom is -0.378 e. The van der Waals surface area contributed by atoms with E-state index in [0.717, 1.165) is 24.0 Å². The number of morpholine rings is 1. The molecule has 0 radical (unpaired) electrons. The quantitative estimate of drug-likeness (QED) is 0.836. The molecule has 0 spiro atoms. The van der Waals surface area contributed by atoms with E-state index in [4.69, 9.17) is 4.74 Å². The number of aliphatic imine (C=N–C) groups is 1. The third kappa shape index (κ3) is 4.38. The molecule has 19 heavy (non-hydrogen) atoms. The number of hydrogen-bond donors (Lipinski definition) is 1. The van der Waals surface area contributed by atoms with Gasteiger partial charge in [0.2, 0.25) is 5.91 Å².